The topological polar surface area (TPSA) is 56.7 Å². The number of hydrogen-bond donors (Lipinski definition) is 0. The number of imidazole rings is 1. The SMILES string of the molecule is CCn1ccnc1SCc1noc(CC(C)C)n1. The molecule has 0 bridgehead atoms. The molecule has 2 aromatic heterocycles. The van der Waals surface area contributed by atoms with Crippen LogP contribution in [-0.4, -0.2) is 19.7 Å². The van der Waals surface area contributed by atoms with Gasteiger partial charge in [-0.15, -0.1) is 0 Å². The van der Waals surface area contributed by atoms with Gasteiger partial charge in [-0.3, -0.25) is 0 Å². The molecule has 5 nitrogen and oxygen atoms in total. The molecule has 0 N–H and O–H groups in total. The Morgan fingerprint density at radius 1 is 1.44 bits per heavy atom. The molecule has 6 heteroatoms. The van der Waals surface area contributed by atoms with E-state index in [1.165, 1.54) is 0 Å². The van der Waals surface area contributed by atoms with Gasteiger partial charge >= 0.3 is 0 Å². The van der Waals surface area contributed by atoms with Gasteiger partial charge in [-0.2, -0.15) is 4.98 Å². The lowest BCUT2D eigenvalue weighted by Crippen LogP contribution is -1.96. The number of hydrogen-bond acceptors (Lipinski definition) is 5. The van der Waals surface area contributed by atoms with Gasteiger partial charge in [-0.05, 0) is 12.8 Å². The maximum atomic E-state index is 5.20. The van der Waals surface area contributed by atoms with Crippen LogP contribution in [0.15, 0.2) is 22.1 Å². The Balaban J connectivity index is 1.92. The Labute approximate surface area is 111 Å². The van der Waals surface area contributed by atoms with Crippen LogP contribution in [0.1, 0.15) is 32.5 Å². The van der Waals surface area contributed by atoms with Crippen molar-refractivity contribution in [1.29, 1.82) is 0 Å². The quantitative estimate of drug-likeness (QED) is 0.752. The minimum absolute atomic E-state index is 0.532. The van der Waals surface area contributed by atoms with Crippen molar-refractivity contribution in [3.05, 3.63) is 24.1 Å². The third-order valence-electron chi connectivity index (χ3n) is 2.44. The zero-order valence-corrected chi connectivity index (χ0v) is 11.8. The summed E-state index contributed by atoms with van der Waals surface area (Å²) in [6.45, 7) is 7.29. The van der Waals surface area contributed by atoms with Crippen molar-refractivity contribution >= 4 is 11.8 Å². The third-order valence-corrected chi connectivity index (χ3v) is 3.44. The fraction of sp³-hybridized carbons (Fsp3) is 0.583. The van der Waals surface area contributed by atoms with Gasteiger partial charge in [0.2, 0.25) is 5.89 Å². The Morgan fingerprint density at radius 2 is 2.28 bits per heavy atom. The molecule has 0 aliphatic rings. The number of nitrogens with zero attached hydrogens (tertiary/aromatic N) is 4. The zero-order chi connectivity index (χ0) is 13.0. The van der Waals surface area contributed by atoms with Crippen LogP contribution in [0.3, 0.4) is 0 Å². The summed E-state index contributed by atoms with van der Waals surface area (Å²) in [5, 5.41) is 4.97. The van der Waals surface area contributed by atoms with Crippen molar-refractivity contribution in [2.75, 3.05) is 0 Å². The van der Waals surface area contributed by atoms with Crippen LogP contribution in [-0.2, 0) is 18.7 Å². The van der Waals surface area contributed by atoms with Crippen LogP contribution in [0.2, 0.25) is 0 Å². The van der Waals surface area contributed by atoms with E-state index in [1.807, 2.05) is 12.4 Å². The van der Waals surface area contributed by atoms with Gasteiger partial charge < -0.3 is 9.09 Å². The Hall–Kier alpha value is -1.30. The second-order valence-corrected chi connectivity index (χ2v) is 5.43. The largest absolute Gasteiger partial charge is 0.339 e. The van der Waals surface area contributed by atoms with E-state index in [0.29, 0.717) is 11.7 Å². The second-order valence-electron chi connectivity index (χ2n) is 4.49. The first-order chi connectivity index (χ1) is 8.69. The van der Waals surface area contributed by atoms with E-state index in [0.717, 1.165) is 29.8 Å². The average molecular weight is 266 g/mol. The summed E-state index contributed by atoms with van der Waals surface area (Å²) < 4.78 is 7.30. The maximum absolute atomic E-state index is 5.20. The highest BCUT2D eigenvalue weighted by molar-refractivity contribution is 7.98. The molecule has 0 aromatic carbocycles. The van der Waals surface area contributed by atoms with Crippen LogP contribution in [0.25, 0.3) is 0 Å². The van der Waals surface area contributed by atoms with Crippen LogP contribution in [0, 0.1) is 5.92 Å². The highest BCUT2D eigenvalue weighted by Gasteiger charge is 2.10. The third kappa shape index (κ3) is 3.35. The lowest BCUT2D eigenvalue weighted by atomic mass is 10.1. The smallest absolute Gasteiger partial charge is 0.226 e. The molecule has 0 radical (unpaired) electrons. The molecule has 0 fully saturated rings. The molecule has 2 aromatic rings. The lowest BCUT2D eigenvalue weighted by Gasteiger charge is -2.01. The van der Waals surface area contributed by atoms with E-state index in [1.54, 1.807) is 11.8 Å². The number of aromatic nitrogens is 4. The number of aryl methyl sites for hydroxylation is 1. The summed E-state index contributed by atoms with van der Waals surface area (Å²) in [5.41, 5.74) is 0. The van der Waals surface area contributed by atoms with E-state index in [-0.39, 0.29) is 0 Å². The molecule has 2 heterocycles. The monoisotopic (exact) mass is 266 g/mol. The molecule has 0 saturated carbocycles. The normalized spacial score (nSPS) is 11.3. The van der Waals surface area contributed by atoms with Gasteiger partial charge in [0.15, 0.2) is 11.0 Å². The van der Waals surface area contributed by atoms with Gasteiger partial charge in [0.1, 0.15) is 0 Å². The number of thioether (sulfide) groups is 1. The molecule has 98 valence electrons. The first-order valence-corrected chi connectivity index (χ1v) is 7.13. The van der Waals surface area contributed by atoms with Crippen molar-refractivity contribution < 1.29 is 4.52 Å². The van der Waals surface area contributed by atoms with Crippen molar-refractivity contribution in [1.82, 2.24) is 19.7 Å². The summed E-state index contributed by atoms with van der Waals surface area (Å²) in [7, 11) is 0. The summed E-state index contributed by atoms with van der Waals surface area (Å²) >= 11 is 1.63. The van der Waals surface area contributed by atoms with Crippen molar-refractivity contribution in [2.45, 2.75) is 44.6 Å². The summed E-state index contributed by atoms with van der Waals surface area (Å²) in [6, 6.07) is 0. The van der Waals surface area contributed by atoms with Gasteiger partial charge in [0.05, 0.1) is 5.75 Å². The first kappa shape index (κ1) is 13.1. The fourth-order valence-electron chi connectivity index (χ4n) is 1.59. The van der Waals surface area contributed by atoms with Gasteiger partial charge in [-0.1, -0.05) is 30.8 Å². The molecule has 0 aliphatic heterocycles. The van der Waals surface area contributed by atoms with Crippen molar-refractivity contribution in [3.63, 3.8) is 0 Å². The molecule has 0 atom stereocenters. The standard InChI is InChI=1S/C12H18N4OS/c1-4-16-6-5-13-12(16)18-8-10-14-11(17-15-10)7-9(2)3/h5-6,9H,4,7-8H2,1-3H3. The average Bonchev–Trinajstić information content (AvgIpc) is 2.93. The van der Waals surface area contributed by atoms with E-state index in [9.17, 15) is 0 Å². The molecular formula is C12H18N4OS. The lowest BCUT2D eigenvalue weighted by molar-refractivity contribution is 0.360. The van der Waals surface area contributed by atoms with E-state index < -0.39 is 0 Å². The van der Waals surface area contributed by atoms with Crippen molar-refractivity contribution in [3.8, 4) is 0 Å². The predicted molar refractivity (Wildman–Crippen MR) is 70.3 cm³/mol. The highest BCUT2D eigenvalue weighted by Crippen LogP contribution is 2.20. The van der Waals surface area contributed by atoms with Crippen LogP contribution >= 0.6 is 11.8 Å². The molecule has 0 spiro atoms. The molecule has 2 rings (SSSR count). The summed E-state index contributed by atoms with van der Waals surface area (Å²) in [5.74, 6) is 2.68. The maximum Gasteiger partial charge on any atom is 0.226 e. The van der Waals surface area contributed by atoms with Crippen LogP contribution in [0.5, 0.6) is 0 Å². The van der Waals surface area contributed by atoms with Crippen molar-refractivity contribution in [2.24, 2.45) is 5.92 Å². The molecular weight excluding hydrogens is 248 g/mol. The summed E-state index contributed by atoms with van der Waals surface area (Å²) in [4.78, 5) is 8.67. The highest BCUT2D eigenvalue weighted by atomic mass is 32.2. The van der Waals surface area contributed by atoms with Crippen LogP contribution in [0.4, 0.5) is 0 Å². The number of rotatable bonds is 6. The van der Waals surface area contributed by atoms with E-state index >= 15 is 0 Å². The van der Waals surface area contributed by atoms with Gasteiger partial charge in [-0.25, -0.2) is 4.98 Å². The summed E-state index contributed by atoms with van der Waals surface area (Å²) in [6.07, 6.45) is 4.62. The second kappa shape index (κ2) is 6.04. The zero-order valence-electron chi connectivity index (χ0n) is 11.0. The molecule has 0 unspecified atom stereocenters. The van der Waals surface area contributed by atoms with E-state index in [4.69, 9.17) is 4.52 Å². The minimum atomic E-state index is 0.532. The molecule has 18 heavy (non-hydrogen) atoms. The van der Waals surface area contributed by atoms with Gasteiger partial charge in [0, 0.05) is 25.4 Å². The first-order valence-electron chi connectivity index (χ1n) is 6.14. The Bertz CT molecular complexity index is 492. The predicted octanol–water partition coefficient (Wildman–Crippen LogP) is 2.78. The fourth-order valence-corrected chi connectivity index (χ4v) is 2.45. The van der Waals surface area contributed by atoms with Crippen LogP contribution < -0.4 is 0 Å². The van der Waals surface area contributed by atoms with E-state index in [2.05, 4.69) is 40.5 Å². The molecule has 0 amide bonds. The molecule has 0 aliphatic carbocycles. The Morgan fingerprint density at radius 3 is 3.00 bits per heavy atom. The van der Waals surface area contributed by atoms with Gasteiger partial charge in [0.25, 0.3) is 0 Å². The molecule has 0 saturated heterocycles. The Kier molecular flexibility index (Phi) is 4.41. The minimum Gasteiger partial charge on any atom is -0.339 e.